The Morgan fingerprint density at radius 3 is 2.58 bits per heavy atom. The van der Waals surface area contributed by atoms with Crippen LogP contribution < -0.4 is 5.90 Å². The Morgan fingerprint density at radius 2 is 2.17 bits per heavy atom. The molecule has 1 fully saturated rings. The van der Waals surface area contributed by atoms with Crippen molar-refractivity contribution < 1.29 is 14.7 Å². The Balaban J connectivity index is 2.63. The van der Waals surface area contributed by atoms with E-state index < -0.39 is 11.4 Å². The molecule has 0 amide bonds. The van der Waals surface area contributed by atoms with Crippen molar-refractivity contribution >= 4 is 17.7 Å². The number of nitrogens with two attached hydrogens (primary N) is 1. The summed E-state index contributed by atoms with van der Waals surface area (Å²) in [6.45, 7) is 0.128. The Bertz CT molecular complexity index is 163. The van der Waals surface area contributed by atoms with E-state index in [1.54, 1.807) is 11.8 Å². The molecule has 1 heterocycles. The van der Waals surface area contributed by atoms with Crippen LogP contribution in [0.5, 0.6) is 0 Å². The molecule has 0 unspecified atom stereocenters. The number of thioether (sulfide) groups is 1. The molecule has 70 valence electrons. The van der Waals surface area contributed by atoms with Crippen LogP contribution in [0.25, 0.3) is 0 Å². The molecule has 4 nitrogen and oxygen atoms in total. The molecule has 1 rings (SSSR count). The van der Waals surface area contributed by atoms with Gasteiger partial charge < -0.3 is 9.94 Å². The molecule has 1 aliphatic rings. The molecule has 1 aliphatic heterocycles. The largest absolute Gasteiger partial charge is 0.481 e. The van der Waals surface area contributed by atoms with Crippen LogP contribution in [0.15, 0.2) is 0 Å². The van der Waals surface area contributed by atoms with Gasteiger partial charge in [0.15, 0.2) is 0 Å². The number of carbonyl (C=O) groups is 1. The quantitative estimate of drug-likeness (QED) is 0.635. The number of aliphatic carboxylic acids is 1. The summed E-state index contributed by atoms with van der Waals surface area (Å²) in [5, 5.41) is 8.98. The molecule has 0 spiro atoms. The van der Waals surface area contributed by atoms with Gasteiger partial charge in [0, 0.05) is 0 Å². The Morgan fingerprint density at radius 1 is 1.58 bits per heavy atom. The molecule has 0 bridgehead atoms. The summed E-state index contributed by atoms with van der Waals surface area (Å²) in [7, 11) is 0. The van der Waals surface area contributed by atoms with E-state index >= 15 is 0 Å². The van der Waals surface area contributed by atoms with E-state index in [4.69, 9.17) is 11.0 Å². The average molecular weight is 191 g/mol. The van der Waals surface area contributed by atoms with Crippen molar-refractivity contribution in [2.24, 2.45) is 11.3 Å². The van der Waals surface area contributed by atoms with E-state index in [9.17, 15) is 4.79 Å². The van der Waals surface area contributed by atoms with Crippen molar-refractivity contribution in [3.8, 4) is 0 Å². The summed E-state index contributed by atoms with van der Waals surface area (Å²) in [4.78, 5) is 15.4. The Kier molecular flexibility index (Phi) is 3.37. The summed E-state index contributed by atoms with van der Waals surface area (Å²) < 4.78 is 0. The molecule has 0 aromatic heterocycles. The molecule has 1 saturated heterocycles. The highest BCUT2D eigenvalue weighted by molar-refractivity contribution is 7.99. The van der Waals surface area contributed by atoms with Crippen LogP contribution in [-0.2, 0) is 9.63 Å². The van der Waals surface area contributed by atoms with Crippen molar-refractivity contribution in [1.29, 1.82) is 0 Å². The van der Waals surface area contributed by atoms with Gasteiger partial charge in [0.25, 0.3) is 0 Å². The van der Waals surface area contributed by atoms with Gasteiger partial charge >= 0.3 is 5.97 Å². The third-order valence-corrected chi connectivity index (χ3v) is 3.25. The molecule has 0 saturated carbocycles. The van der Waals surface area contributed by atoms with Crippen LogP contribution in [0.3, 0.4) is 0 Å². The van der Waals surface area contributed by atoms with Gasteiger partial charge in [0.1, 0.15) is 0 Å². The second-order valence-electron chi connectivity index (χ2n) is 3.01. The summed E-state index contributed by atoms with van der Waals surface area (Å²) in [5.41, 5.74) is -0.722. The van der Waals surface area contributed by atoms with E-state index in [2.05, 4.69) is 4.84 Å². The summed E-state index contributed by atoms with van der Waals surface area (Å²) in [6, 6.07) is 0. The standard InChI is InChI=1S/C7H13NO3S/c8-11-5-7(6(9)10)1-3-12-4-2-7/h1-5,8H2,(H,9,10). The number of hydrogen-bond acceptors (Lipinski definition) is 4. The maximum Gasteiger partial charge on any atom is 0.312 e. The molecule has 0 aromatic carbocycles. The van der Waals surface area contributed by atoms with Crippen molar-refractivity contribution in [3.63, 3.8) is 0 Å². The van der Waals surface area contributed by atoms with Crippen LogP contribution in [0, 0.1) is 5.41 Å². The molecule has 0 aliphatic carbocycles. The van der Waals surface area contributed by atoms with E-state index in [0.29, 0.717) is 12.8 Å². The van der Waals surface area contributed by atoms with Crippen molar-refractivity contribution in [1.82, 2.24) is 0 Å². The van der Waals surface area contributed by atoms with Crippen LogP contribution in [0.2, 0.25) is 0 Å². The lowest BCUT2D eigenvalue weighted by Gasteiger charge is -2.31. The smallest absolute Gasteiger partial charge is 0.312 e. The zero-order chi connectivity index (χ0) is 9.03. The number of hydrogen-bond donors (Lipinski definition) is 2. The normalized spacial score (nSPS) is 22.1. The first-order valence-corrected chi connectivity index (χ1v) is 4.99. The van der Waals surface area contributed by atoms with Crippen molar-refractivity contribution in [3.05, 3.63) is 0 Å². The summed E-state index contributed by atoms with van der Waals surface area (Å²) in [5.74, 6) is 5.90. The van der Waals surface area contributed by atoms with Gasteiger partial charge in [-0.2, -0.15) is 11.8 Å². The third-order valence-electron chi connectivity index (χ3n) is 2.26. The molecule has 5 heteroatoms. The highest BCUT2D eigenvalue weighted by Gasteiger charge is 2.40. The molecular weight excluding hydrogens is 178 g/mol. The minimum absolute atomic E-state index is 0.128. The maximum atomic E-state index is 10.9. The van der Waals surface area contributed by atoms with Gasteiger partial charge in [-0.1, -0.05) is 0 Å². The highest BCUT2D eigenvalue weighted by Crippen LogP contribution is 2.35. The topological polar surface area (TPSA) is 72.5 Å². The predicted molar refractivity (Wildman–Crippen MR) is 46.8 cm³/mol. The Hall–Kier alpha value is -0.260. The molecule has 3 N–H and O–H groups in total. The lowest BCUT2D eigenvalue weighted by Crippen LogP contribution is -2.40. The average Bonchev–Trinajstić information content (AvgIpc) is 2.06. The fourth-order valence-corrected chi connectivity index (χ4v) is 2.62. The van der Waals surface area contributed by atoms with Crippen molar-refractivity contribution in [2.75, 3.05) is 18.1 Å². The fraction of sp³-hybridized carbons (Fsp3) is 0.857. The molecule has 0 atom stereocenters. The zero-order valence-electron chi connectivity index (χ0n) is 6.78. The second kappa shape index (κ2) is 4.11. The minimum Gasteiger partial charge on any atom is -0.481 e. The number of carboxylic acids is 1. The number of rotatable bonds is 3. The molecule has 12 heavy (non-hydrogen) atoms. The lowest BCUT2D eigenvalue weighted by molar-refractivity contribution is -0.153. The van der Waals surface area contributed by atoms with Gasteiger partial charge in [-0.3, -0.25) is 4.79 Å². The first-order chi connectivity index (χ1) is 5.71. The second-order valence-corrected chi connectivity index (χ2v) is 4.23. The first-order valence-electron chi connectivity index (χ1n) is 3.84. The van der Waals surface area contributed by atoms with Gasteiger partial charge in [-0.15, -0.1) is 0 Å². The van der Waals surface area contributed by atoms with Crippen LogP contribution in [0.4, 0.5) is 0 Å². The maximum absolute atomic E-state index is 10.9. The van der Waals surface area contributed by atoms with E-state index in [1.807, 2.05) is 0 Å². The Labute approximate surface area is 75.4 Å². The number of carboxylic acid groups (broad SMARTS) is 1. The first kappa shape index (κ1) is 9.83. The molecular formula is C7H13NO3S. The molecule has 0 aromatic rings. The summed E-state index contributed by atoms with van der Waals surface area (Å²) in [6.07, 6.45) is 1.31. The van der Waals surface area contributed by atoms with Gasteiger partial charge in [-0.25, -0.2) is 5.90 Å². The van der Waals surface area contributed by atoms with Gasteiger partial charge in [0.05, 0.1) is 12.0 Å². The van der Waals surface area contributed by atoms with Gasteiger partial charge in [0.2, 0.25) is 0 Å². The minimum atomic E-state index is -0.784. The van der Waals surface area contributed by atoms with E-state index in [-0.39, 0.29) is 6.61 Å². The lowest BCUT2D eigenvalue weighted by atomic mass is 9.83. The van der Waals surface area contributed by atoms with Crippen molar-refractivity contribution in [2.45, 2.75) is 12.8 Å². The summed E-state index contributed by atoms with van der Waals surface area (Å²) >= 11 is 1.78. The van der Waals surface area contributed by atoms with Crippen LogP contribution in [0.1, 0.15) is 12.8 Å². The monoisotopic (exact) mass is 191 g/mol. The van der Waals surface area contributed by atoms with Crippen LogP contribution >= 0.6 is 11.8 Å². The van der Waals surface area contributed by atoms with Gasteiger partial charge in [-0.05, 0) is 24.3 Å². The van der Waals surface area contributed by atoms with E-state index in [1.165, 1.54) is 0 Å². The van der Waals surface area contributed by atoms with E-state index in [0.717, 1.165) is 11.5 Å². The SMILES string of the molecule is NOCC1(C(=O)O)CCSCC1. The highest BCUT2D eigenvalue weighted by atomic mass is 32.2. The third kappa shape index (κ3) is 1.91. The predicted octanol–water partition coefficient (Wildman–Crippen LogP) is 0.475. The molecule has 0 radical (unpaired) electrons. The zero-order valence-corrected chi connectivity index (χ0v) is 7.60. The fourth-order valence-electron chi connectivity index (χ4n) is 1.34. The van der Waals surface area contributed by atoms with Crippen LogP contribution in [-0.4, -0.2) is 29.2 Å².